The predicted octanol–water partition coefficient (Wildman–Crippen LogP) is 2.28. The summed E-state index contributed by atoms with van der Waals surface area (Å²) in [5, 5.41) is 5.00. The Labute approximate surface area is 154 Å². The highest BCUT2D eigenvalue weighted by Crippen LogP contribution is 2.32. The van der Waals surface area contributed by atoms with Crippen molar-refractivity contribution in [3.8, 4) is 0 Å². The monoisotopic (exact) mass is 396 g/mol. The van der Waals surface area contributed by atoms with Gasteiger partial charge in [-0.25, -0.2) is 13.2 Å². The van der Waals surface area contributed by atoms with Crippen molar-refractivity contribution in [2.24, 2.45) is 5.92 Å². The largest absolute Gasteiger partial charge is 0.465 e. The van der Waals surface area contributed by atoms with Gasteiger partial charge in [-0.15, -0.1) is 23.7 Å². The molecule has 1 aliphatic heterocycles. The summed E-state index contributed by atoms with van der Waals surface area (Å²) >= 11 is 1.12. The number of esters is 1. The molecule has 1 N–H and O–H groups in total. The molecule has 0 unspecified atom stereocenters. The smallest absolute Gasteiger partial charge is 0.349 e. The summed E-state index contributed by atoms with van der Waals surface area (Å²) in [4.78, 5) is 12.1. The Hall–Kier alpha value is -0.670. The predicted molar refractivity (Wildman–Crippen MR) is 97.7 cm³/mol. The van der Waals surface area contributed by atoms with Gasteiger partial charge in [-0.1, -0.05) is 6.92 Å². The molecule has 0 aromatic carbocycles. The average molecular weight is 397 g/mol. The molecule has 0 amide bonds. The average Bonchev–Trinajstić information content (AvgIpc) is 2.95. The van der Waals surface area contributed by atoms with E-state index < -0.39 is 16.0 Å². The van der Waals surface area contributed by atoms with Crippen LogP contribution in [0.4, 0.5) is 0 Å². The molecule has 1 saturated heterocycles. The molecule has 2 rings (SSSR count). The molecule has 1 aliphatic rings. The fourth-order valence-electron chi connectivity index (χ4n) is 2.82. The molecule has 138 valence electrons. The van der Waals surface area contributed by atoms with E-state index in [1.54, 1.807) is 12.3 Å². The molecule has 1 aromatic rings. The fraction of sp³-hybridized carbons (Fsp3) is 0.667. The minimum atomic E-state index is -3.66. The zero-order valence-corrected chi connectivity index (χ0v) is 16.7. The van der Waals surface area contributed by atoms with Crippen molar-refractivity contribution < 1.29 is 17.9 Å². The molecular formula is C15H25ClN2O4S2. The molecule has 0 radical (unpaired) electrons. The van der Waals surface area contributed by atoms with Gasteiger partial charge < -0.3 is 10.1 Å². The fourth-order valence-corrected chi connectivity index (χ4v) is 5.95. The van der Waals surface area contributed by atoms with E-state index in [4.69, 9.17) is 4.74 Å². The summed E-state index contributed by atoms with van der Waals surface area (Å²) in [6.07, 6.45) is 1.67. The first-order valence-electron chi connectivity index (χ1n) is 7.79. The van der Waals surface area contributed by atoms with E-state index in [9.17, 15) is 13.2 Å². The highest BCUT2D eigenvalue weighted by atomic mass is 35.5. The SMILES string of the molecule is CCNCC1CCN(S(=O)(=O)c2c(C)csc2C(=O)OC)CC1.Cl. The Morgan fingerprint density at radius 3 is 2.58 bits per heavy atom. The number of sulfonamides is 1. The Morgan fingerprint density at radius 2 is 2.04 bits per heavy atom. The number of nitrogens with zero attached hydrogens (tertiary/aromatic N) is 1. The molecule has 0 aliphatic carbocycles. The van der Waals surface area contributed by atoms with Gasteiger partial charge in [0.2, 0.25) is 10.0 Å². The van der Waals surface area contributed by atoms with Gasteiger partial charge in [-0.3, -0.25) is 0 Å². The van der Waals surface area contributed by atoms with Crippen LogP contribution in [0.15, 0.2) is 10.3 Å². The molecule has 0 spiro atoms. The molecule has 0 bridgehead atoms. The number of hydrogen-bond acceptors (Lipinski definition) is 6. The number of halogens is 1. The first-order chi connectivity index (χ1) is 10.9. The van der Waals surface area contributed by atoms with Crippen LogP contribution in [0.2, 0.25) is 0 Å². The summed E-state index contributed by atoms with van der Waals surface area (Å²) in [6.45, 7) is 6.62. The maximum absolute atomic E-state index is 12.9. The van der Waals surface area contributed by atoms with E-state index >= 15 is 0 Å². The second-order valence-corrected chi connectivity index (χ2v) is 8.48. The van der Waals surface area contributed by atoms with Crippen LogP contribution < -0.4 is 5.32 Å². The number of nitrogens with one attached hydrogen (secondary N) is 1. The maximum atomic E-state index is 12.9. The molecule has 1 aromatic heterocycles. The van der Waals surface area contributed by atoms with E-state index in [1.807, 2.05) is 0 Å². The number of rotatable bonds is 6. The highest BCUT2D eigenvalue weighted by Gasteiger charge is 2.34. The summed E-state index contributed by atoms with van der Waals surface area (Å²) in [6, 6.07) is 0. The third-order valence-corrected chi connectivity index (χ3v) is 7.44. The molecule has 1 fully saturated rings. The van der Waals surface area contributed by atoms with Crippen LogP contribution in [-0.2, 0) is 14.8 Å². The van der Waals surface area contributed by atoms with Gasteiger partial charge in [0.15, 0.2) is 0 Å². The van der Waals surface area contributed by atoms with Crippen LogP contribution in [0.3, 0.4) is 0 Å². The first kappa shape index (κ1) is 21.4. The van der Waals surface area contributed by atoms with Gasteiger partial charge in [0.25, 0.3) is 0 Å². The van der Waals surface area contributed by atoms with Crippen LogP contribution in [0, 0.1) is 12.8 Å². The van der Waals surface area contributed by atoms with Crippen LogP contribution >= 0.6 is 23.7 Å². The lowest BCUT2D eigenvalue weighted by molar-refractivity contribution is 0.0602. The topological polar surface area (TPSA) is 75.7 Å². The number of carbonyl (C=O) groups excluding carboxylic acids is 1. The highest BCUT2D eigenvalue weighted by molar-refractivity contribution is 7.89. The minimum Gasteiger partial charge on any atom is -0.465 e. The summed E-state index contributed by atoms with van der Waals surface area (Å²) in [5.41, 5.74) is 0.602. The van der Waals surface area contributed by atoms with Crippen molar-refractivity contribution >= 4 is 39.7 Å². The Bertz CT molecular complexity index is 652. The Kier molecular flexibility index (Phi) is 8.14. The minimum absolute atomic E-state index is 0. The Balaban J connectivity index is 0.00000288. The van der Waals surface area contributed by atoms with Crippen molar-refractivity contribution in [3.05, 3.63) is 15.8 Å². The van der Waals surface area contributed by atoms with Crippen LogP contribution in [0.25, 0.3) is 0 Å². The zero-order chi connectivity index (χ0) is 17.0. The molecule has 9 heteroatoms. The van der Waals surface area contributed by atoms with Crippen molar-refractivity contribution in [1.82, 2.24) is 9.62 Å². The molecular weight excluding hydrogens is 372 g/mol. The number of hydrogen-bond donors (Lipinski definition) is 1. The van der Waals surface area contributed by atoms with Crippen LogP contribution in [0.5, 0.6) is 0 Å². The van der Waals surface area contributed by atoms with Gasteiger partial charge in [0, 0.05) is 13.1 Å². The van der Waals surface area contributed by atoms with Gasteiger partial charge in [-0.05, 0) is 49.7 Å². The van der Waals surface area contributed by atoms with Crippen molar-refractivity contribution in [2.45, 2.75) is 31.6 Å². The third-order valence-electron chi connectivity index (χ3n) is 4.14. The van der Waals surface area contributed by atoms with E-state index in [2.05, 4.69) is 12.2 Å². The first-order valence-corrected chi connectivity index (χ1v) is 10.1. The Morgan fingerprint density at radius 1 is 1.42 bits per heavy atom. The number of thiophene rings is 1. The standard InChI is InChI=1S/C15H24N2O4S2.ClH/c1-4-16-9-12-5-7-17(8-6-12)23(19,20)14-11(2)10-22-13(14)15(18)21-3;/h10,12,16H,4-9H2,1-3H3;1H. The lowest BCUT2D eigenvalue weighted by atomic mass is 9.98. The van der Waals surface area contributed by atoms with E-state index in [0.29, 0.717) is 24.6 Å². The number of ether oxygens (including phenoxy) is 1. The van der Waals surface area contributed by atoms with Gasteiger partial charge in [-0.2, -0.15) is 4.31 Å². The molecule has 0 saturated carbocycles. The number of methoxy groups -OCH3 is 1. The number of carbonyl (C=O) groups is 1. The summed E-state index contributed by atoms with van der Waals surface area (Å²) in [7, 11) is -2.39. The normalized spacial score (nSPS) is 16.6. The van der Waals surface area contributed by atoms with Crippen LogP contribution in [-0.4, -0.2) is 52.0 Å². The second kappa shape index (κ2) is 9.15. The van der Waals surface area contributed by atoms with E-state index in [0.717, 1.165) is 37.3 Å². The molecule has 6 nitrogen and oxygen atoms in total. The number of aryl methyl sites for hydroxylation is 1. The van der Waals surface area contributed by atoms with E-state index in [1.165, 1.54) is 11.4 Å². The zero-order valence-electron chi connectivity index (χ0n) is 14.2. The third kappa shape index (κ3) is 4.49. The number of piperidine rings is 1. The van der Waals surface area contributed by atoms with Crippen molar-refractivity contribution in [1.29, 1.82) is 0 Å². The summed E-state index contributed by atoms with van der Waals surface area (Å²) < 4.78 is 32.1. The molecule has 0 atom stereocenters. The van der Waals surface area contributed by atoms with Gasteiger partial charge in [0.05, 0.1) is 7.11 Å². The van der Waals surface area contributed by atoms with Crippen molar-refractivity contribution in [3.63, 3.8) is 0 Å². The quantitative estimate of drug-likeness (QED) is 0.746. The van der Waals surface area contributed by atoms with E-state index in [-0.39, 0.29) is 22.2 Å². The van der Waals surface area contributed by atoms with Crippen LogP contribution in [0.1, 0.15) is 35.0 Å². The lowest BCUT2D eigenvalue weighted by Crippen LogP contribution is -2.41. The van der Waals surface area contributed by atoms with Gasteiger partial charge >= 0.3 is 5.97 Å². The van der Waals surface area contributed by atoms with Gasteiger partial charge in [0.1, 0.15) is 9.77 Å². The maximum Gasteiger partial charge on any atom is 0.349 e. The van der Waals surface area contributed by atoms with Crippen molar-refractivity contribution in [2.75, 3.05) is 33.3 Å². The second-order valence-electron chi connectivity index (χ2n) is 5.72. The lowest BCUT2D eigenvalue weighted by Gasteiger charge is -2.31. The molecule has 2 heterocycles. The molecule has 24 heavy (non-hydrogen) atoms. The summed E-state index contributed by atoms with van der Waals surface area (Å²) in [5.74, 6) is -0.0891.